The molecule has 0 aliphatic heterocycles. The van der Waals surface area contributed by atoms with Crippen LogP contribution in [0, 0.1) is 0 Å². The van der Waals surface area contributed by atoms with Crippen molar-refractivity contribution in [1.82, 2.24) is 0 Å². The maximum atomic E-state index is 11.6. The van der Waals surface area contributed by atoms with E-state index in [1.54, 1.807) is 38.1 Å². The molecule has 0 radical (unpaired) electrons. The van der Waals surface area contributed by atoms with Crippen LogP contribution >= 0.6 is 0 Å². The van der Waals surface area contributed by atoms with Gasteiger partial charge in [-0.1, -0.05) is 18.2 Å². The molecule has 0 aliphatic rings. The first-order valence-corrected chi connectivity index (χ1v) is 5.79. The maximum absolute atomic E-state index is 11.6. The number of hydrogen-bond donors (Lipinski definition) is 2. The molecule has 100 valence electrons. The van der Waals surface area contributed by atoms with Gasteiger partial charge in [0.05, 0.1) is 13.2 Å². The van der Waals surface area contributed by atoms with Crippen molar-refractivity contribution in [3.05, 3.63) is 29.8 Å². The number of carbonyl (C=O) groups excluding carboxylic acids is 1. The smallest absolute Gasteiger partial charge is 0.329 e. The lowest BCUT2D eigenvalue weighted by molar-refractivity contribution is -0.150. The summed E-state index contributed by atoms with van der Waals surface area (Å²) in [5, 5.41) is 9.14. The SMILES string of the molecule is CCOC(=O)C(C)(N)COc1ccccc1CO. The van der Waals surface area contributed by atoms with Gasteiger partial charge < -0.3 is 20.3 Å². The average molecular weight is 253 g/mol. The van der Waals surface area contributed by atoms with Crippen LogP contribution < -0.4 is 10.5 Å². The number of nitrogens with two attached hydrogens (primary N) is 1. The van der Waals surface area contributed by atoms with Crippen LogP contribution in [-0.4, -0.2) is 29.8 Å². The molecule has 1 atom stereocenters. The summed E-state index contributed by atoms with van der Waals surface area (Å²) in [6.45, 7) is 3.40. The van der Waals surface area contributed by atoms with Crippen LogP contribution in [0.25, 0.3) is 0 Å². The van der Waals surface area contributed by atoms with Crippen LogP contribution in [0.3, 0.4) is 0 Å². The van der Waals surface area contributed by atoms with E-state index in [-0.39, 0.29) is 19.8 Å². The minimum atomic E-state index is -1.21. The van der Waals surface area contributed by atoms with Gasteiger partial charge >= 0.3 is 5.97 Å². The Bertz CT molecular complexity index is 404. The molecule has 0 bridgehead atoms. The molecule has 0 amide bonds. The van der Waals surface area contributed by atoms with Gasteiger partial charge in [-0.25, -0.2) is 4.79 Å². The first-order chi connectivity index (χ1) is 8.51. The van der Waals surface area contributed by atoms with Crippen LogP contribution in [0.2, 0.25) is 0 Å². The van der Waals surface area contributed by atoms with Crippen molar-refractivity contribution in [2.24, 2.45) is 5.73 Å². The lowest BCUT2D eigenvalue weighted by Gasteiger charge is -2.23. The van der Waals surface area contributed by atoms with E-state index >= 15 is 0 Å². The maximum Gasteiger partial charge on any atom is 0.329 e. The fourth-order valence-corrected chi connectivity index (χ4v) is 1.36. The number of aliphatic hydroxyl groups excluding tert-OH is 1. The van der Waals surface area contributed by atoms with Gasteiger partial charge in [-0.2, -0.15) is 0 Å². The molecule has 1 unspecified atom stereocenters. The third kappa shape index (κ3) is 3.72. The van der Waals surface area contributed by atoms with Gasteiger partial charge in [0.15, 0.2) is 0 Å². The Morgan fingerprint density at radius 1 is 1.44 bits per heavy atom. The Hall–Kier alpha value is -1.59. The second-order valence-corrected chi connectivity index (χ2v) is 4.19. The van der Waals surface area contributed by atoms with Gasteiger partial charge in [-0.15, -0.1) is 0 Å². The molecule has 0 heterocycles. The molecule has 0 spiro atoms. The molecule has 18 heavy (non-hydrogen) atoms. The standard InChI is InChI=1S/C13H19NO4/c1-3-17-12(16)13(2,14)9-18-11-7-5-4-6-10(11)8-15/h4-7,15H,3,8-9,14H2,1-2H3. The summed E-state index contributed by atoms with van der Waals surface area (Å²) in [4.78, 5) is 11.6. The highest BCUT2D eigenvalue weighted by atomic mass is 16.5. The van der Waals surface area contributed by atoms with Crippen molar-refractivity contribution in [3.8, 4) is 5.75 Å². The number of rotatable bonds is 6. The van der Waals surface area contributed by atoms with Gasteiger partial charge in [-0.05, 0) is 19.9 Å². The average Bonchev–Trinajstić information content (AvgIpc) is 2.37. The third-order valence-electron chi connectivity index (χ3n) is 2.41. The number of benzene rings is 1. The Kier molecular flexibility index (Phi) is 5.12. The van der Waals surface area contributed by atoms with Crippen molar-refractivity contribution in [1.29, 1.82) is 0 Å². The lowest BCUT2D eigenvalue weighted by atomic mass is 10.1. The molecule has 0 saturated carbocycles. The molecular weight excluding hydrogens is 234 g/mol. The molecule has 5 heteroatoms. The molecule has 0 aliphatic carbocycles. The largest absolute Gasteiger partial charge is 0.491 e. The van der Waals surface area contributed by atoms with E-state index in [1.165, 1.54) is 0 Å². The highest BCUT2D eigenvalue weighted by molar-refractivity contribution is 5.80. The highest BCUT2D eigenvalue weighted by Gasteiger charge is 2.31. The first kappa shape index (κ1) is 14.5. The summed E-state index contributed by atoms with van der Waals surface area (Å²) >= 11 is 0. The van der Waals surface area contributed by atoms with E-state index in [0.717, 1.165) is 0 Å². The minimum Gasteiger partial charge on any atom is -0.491 e. The van der Waals surface area contributed by atoms with E-state index in [0.29, 0.717) is 11.3 Å². The monoisotopic (exact) mass is 253 g/mol. The van der Waals surface area contributed by atoms with Gasteiger partial charge in [0.25, 0.3) is 0 Å². The van der Waals surface area contributed by atoms with Crippen LogP contribution in [-0.2, 0) is 16.1 Å². The Labute approximate surface area is 107 Å². The fourth-order valence-electron chi connectivity index (χ4n) is 1.36. The zero-order valence-electron chi connectivity index (χ0n) is 10.7. The normalized spacial score (nSPS) is 13.8. The first-order valence-electron chi connectivity index (χ1n) is 5.79. The van der Waals surface area contributed by atoms with E-state index in [4.69, 9.17) is 20.3 Å². The van der Waals surface area contributed by atoms with Gasteiger partial charge in [0, 0.05) is 5.56 Å². The van der Waals surface area contributed by atoms with Crippen molar-refractivity contribution < 1.29 is 19.4 Å². The van der Waals surface area contributed by atoms with Crippen LogP contribution in [0.4, 0.5) is 0 Å². The van der Waals surface area contributed by atoms with E-state index in [9.17, 15) is 4.79 Å². The topological polar surface area (TPSA) is 81.8 Å². The highest BCUT2D eigenvalue weighted by Crippen LogP contribution is 2.19. The quantitative estimate of drug-likeness (QED) is 0.734. The zero-order chi connectivity index (χ0) is 13.6. The summed E-state index contributed by atoms with van der Waals surface area (Å²) in [7, 11) is 0. The predicted octanol–water partition coefficient (Wildman–Crippen LogP) is 0.838. The molecule has 1 aromatic carbocycles. The molecule has 3 N–H and O–H groups in total. The lowest BCUT2D eigenvalue weighted by Crippen LogP contribution is -2.51. The van der Waals surface area contributed by atoms with E-state index < -0.39 is 11.5 Å². The summed E-state index contributed by atoms with van der Waals surface area (Å²) < 4.78 is 10.3. The zero-order valence-corrected chi connectivity index (χ0v) is 10.7. The summed E-state index contributed by atoms with van der Waals surface area (Å²) in [5.41, 5.74) is 5.26. The number of esters is 1. The molecular formula is C13H19NO4. The summed E-state index contributed by atoms with van der Waals surface area (Å²) in [6.07, 6.45) is 0. The van der Waals surface area contributed by atoms with Crippen molar-refractivity contribution in [3.63, 3.8) is 0 Å². The molecule has 0 saturated heterocycles. The third-order valence-corrected chi connectivity index (χ3v) is 2.41. The molecule has 1 rings (SSSR count). The number of ether oxygens (including phenoxy) is 2. The Balaban J connectivity index is 2.66. The summed E-state index contributed by atoms with van der Waals surface area (Å²) in [5.74, 6) is 0.00690. The van der Waals surface area contributed by atoms with Crippen LogP contribution in [0.1, 0.15) is 19.4 Å². The predicted molar refractivity (Wildman–Crippen MR) is 67.1 cm³/mol. The fraction of sp³-hybridized carbons (Fsp3) is 0.462. The number of aliphatic hydroxyl groups is 1. The van der Waals surface area contributed by atoms with Crippen LogP contribution in [0.15, 0.2) is 24.3 Å². The van der Waals surface area contributed by atoms with E-state index in [2.05, 4.69) is 0 Å². The number of hydrogen-bond acceptors (Lipinski definition) is 5. The molecule has 0 aromatic heterocycles. The second-order valence-electron chi connectivity index (χ2n) is 4.19. The number of para-hydroxylation sites is 1. The number of carbonyl (C=O) groups is 1. The van der Waals surface area contributed by atoms with Gasteiger partial charge in [-0.3, -0.25) is 0 Å². The van der Waals surface area contributed by atoms with E-state index in [1.807, 2.05) is 0 Å². The molecule has 5 nitrogen and oxygen atoms in total. The second kappa shape index (κ2) is 6.37. The minimum absolute atomic E-state index is 0.0111. The van der Waals surface area contributed by atoms with Crippen molar-refractivity contribution >= 4 is 5.97 Å². The van der Waals surface area contributed by atoms with Crippen molar-refractivity contribution in [2.75, 3.05) is 13.2 Å². The molecule has 1 aromatic rings. The van der Waals surface area contributed by atoms with Gasteiger partial charge in [0.1, 0.15) is 17.9 Å². The Morgan fingerprint density at radius 3 is 2.72 bits per heavy atom. The molecule has 0 fully saturated rings. The van der Waals surface area contributed by atoms with Gasteiger partial charge in [0.2, 0.25) is 0 Å². The summed E-state index contributed by atoms with van der Waals surface area (Å²) in [6, 6.07) is 7.04. The van der Waals surface area contributed by atoms with Crippen molar-refractivity contribution in [2.45, 2.75) is 26.0 Å². The Morgan fingerprint density at radius 2 is 2.11 bits per heavy atom. The van der Waals surface area contributed by atoms with Crippen LogP contribution in [0.5, 0.6) is 5.75 Å².